The fourth-order valence-electron chi connectivity index (χ4n) is 2.10. The summed E-state index contributed by atoms with van der Waals surface area (Å²) in [6.07, 6.45) is 1.09. The average molecular weight is 397 g/mol. The summed E-state index contributed by atoms with van der Waals surface area (Å²) in [6, 6.07) is 20.0. The first-order chi connectivity index (χ1) is 9.78. The van der Waals surface area contributed by atoms with E-state index in [0.29, 0.717) is 6.04 Å². The van der Waals surface area contributed by atoms with Crippen molar-refractivity contribution in [2.45, 2.75) is 24.3 Å². The fraction of sp³-hybridized carbons (Fsp3) is 0.294. The van der Waals surface area contributed by atoms with Crippen molar-refractivity contribution in [1.29, 1.82) is 0 Å². The molecule has 0 radical (unpaired) electrons. The Balaban J connectivity index is 1.91. The molecule has 0 saturated heterocycles. The number of hydrogen-bond acceptors (Lipinski definition) is 2. The smallest absolute Gasteiger partial charge is 0.0201 e. The highest BCUT2D eigenvalue weighted by atomic mass is 127. The third kappa shape index (κ3) is 5.46. The van der Waals surface area contributed by atoms with Gasteiger partial charge in [0.05, 0.1) is 0 Å². The Kier molecular flexibility index (Phi) is 6.90. The van der Waals surface area contributed by atoms with Crippen LogP contribution in [0.15, 0.2) is 59.5 Å². The Hall–Kier alpha value is -0.520. The minimum Gasteiger partial charge on any atom is -0.313 e. The van der Waals surface area contributed by atoms with E-state index in [1.807, 2.05) is 11.8 Å². The largest absolute Gasteiger partial charge is 0.313 e. The fourth-order valence-corrected chi connectivity index (χ4v) is 3.44. The van der Waals surface area contributed by atoms with E-state index >= 15 is 0 Å². The van der Waals surface area contributed by atoms with Crippen molar-refractivity contribution >= 4 is 34.4 Å². The summed E-state index contributed by atoms with van der Waals surface area (Å²) in [7, 11) is 0. The molecule has 2 aromatic rings. The van der Waals surface area contributed by atoms with Gasteiger partial charge in [-0.05, 0) is 65.4 Å². The van der Waals surface area contributed by atoms with Crippen LogP contribution in [-0.2, 0) is 6.42 Å². The number of thioether (sulfide) groups is 1. The molecule has 0 heterocycles. The van der Waals surface area contributed by atoms with Crippen molar-refractivity contribution in [2.75, 3.05) is 12.3 Å². The summed E-state index contributed by atoms with van der Waals surface area (Å²) in [5, 5.41) is 3.59. The zero-order chi connectivity index (χ0) is 14.2. The van der Waals surface area contributed by atoms with Gasteiger partial charge in [0.1, 0.15) is 0 Å². The monoisotopic (exact) mass is 397 g/mol. The average Bonchev–Trinajstić information content (AvgIpc) is 2.48. The third-order valence-corrected chi connectivity index (χ3v) is 4.98. The van der Waals surface area contributed by atoms with Gasteiger partial charge >= 0.3 is 0 Å². The summed E-state index contributed by atoms with van der Waals surface area (Å²) in [6.45, 7) is 3.19. The van der Waals surface area contributed by atoms with Gasteiger partial charge in [0, 0.05) is 20.3 Å². The normalized spacial score (nSPS) is 12.3. The van der Waals surface area contributed by atoms with Crippen molar-refractivity contribution in [1.82, 2.24) is 5.32 Å². The van der Waals surface area contributed by atoms with E-state index in [4.69, 9.17) is 0 Å². The molecule has 1 nitrogen and oxygen atoms in total. The highest BCUT2D eigenvalue weighted by Gasteiger charge is 2.09. The predicted molar refractivity (Wildman–Crippen MR) is 97.5 cm³/mol. The maximum absolute atomic E-state index is 3.59. The first-order valence-electron chi connectivity index (χ1n) is 6.93. The lowest BCUT2D eigenvalue weighted by atomic mass is 10.1. The molecule has 0 aliphatic rings. The Morgan fingerprint density at radius 1 is 1.05 bits per heavy atom. The van der Waals surface area contributed by atoms with Crippen LogP contribution >= 0.6 is 34.4 Å². The van der Waals surface area contributed by atoms with Crippen LogP contribution in [0.1, 0.15) is 12.5 Å². The van der Waals surface area contributed by atoms with Crippen LogP contribution in [0.3, 0.4) is 0 Å². The molecule has 0 aromatic heterocycles. The second-order valence-corrected chi connectivity index (χ2v) is 7.05. The minimum absolute atomic E-state index is 0.519. The van der Waals surface area contributed by atoms with Crippen LogP contribution in [0.2, 0.25) is 0 Å². The second kappa shape index (κ2) is 8.70. The molecule has 0 spiro atoms. The molecule has 0 bridgehead atoms. The van der Waals surface area contributed by atoms with E-state index in [1.54, 1.807) is 0 Å². The van der Waals surface area contributed by atoms with Gasteiger partial charge < -0.3 is 5.32 Å². The highest BCUT2D eigenvalue weighted by molar-refractivity contribution is 14.1. The van der Waals surface area contributed by atoms with Gasteiger partial charge in [-0.3, -0.25) is 0 Å². The van der Waals surface area contributed by atoms with Crippen molar-refractivity contribution in [2.24, 2.45) is 0 Å². The first kappa shape index (κ1) is 15.9. The van der Waals surface area contributed by atoms with Gasteiger partial charge in [0.15, 0.2) is 0 Å². The molecule has 0 aliphatic carbocycles. The maximum atomic E-state index is 3.59. The van der Waals surface area contributed by atoms with Crippen molar-refractivity contribution in [3.8, 4) is 0 Å². The Labute approximate surface area is 139 Å². The SMILES string of the molecule is CCNC(CSc1ccccc1)Cc1ccc(I)cc1. The van der Waals surface area contributed by atoms with Crippen LogP contribution in [-0.4, -0.2) is 18.3 Å². The zero-order valence-electron chi connectivity index (χ0n) is 11.7. The van der Waals surface area contributed by atoms with Crippen molar-refractivity contribution < 1.29 is 0 Å². The summed E-state index contributed by atoms with van der Waals surface area (Å²) < 4.78 is 1.30. The lowest BCUT2D eigenvalue weighted by Gasteiger charge is -2.17. The maximum Gasteiger partial charge on any atom is 0.0201 e. The summed E-state index contributed by atoms with van der Waals surface area (Å²) in [5.41, 5.74) is 1.41. The van der Waals surface area contributed by atoms with Gasteiger partial charge in [-0.25, -0.2) is 0 Å². The summed E-state index contributed by atoms with van der Waals surface area (Å²) >= 11 is 4.28. The number of benzene rings is 2. The molecular weight excluding hydrogens is 377 g/mol. The molecule has 1 atom stereocenters. The predicted octanol–water partition coefficient (Wildman–Crippen LogP) is 4.60. The van der Waals surface area contributed by atoms with Crippen LogP contribution < -0.4 is 5.32 Å². The number of likely N-dealkylation sites (N-methyl/N-ethyl adjacent to an activating group) is 1. The Morgan fingerprint density at radius 3 is 2.40 bits per heavy atom. The molecule has 3 heteroatoms. The molecule has 0 amide bonds. The minimum atomic E-state index is 0.519. The van der Waals surface area contributed by atoms with Crippen molar-refractivity contribution in [3.63, 3.8) is 0 Å². The molecule has 2 rings (SSSR count). The van der Waals surface area contributed by atoms with Crippen LogP contribution in [0, 0.1) is 3.57 Å². The van der Waals surface area contributed by atoms with Gasteiger partial charge in [0.2, 0.25) is 0 Å². The first-order valence-corrected chi connectivity index (χ1v) is 9.00. The molecule has 0 fully saturated rings. The van der Waals surface area contributed by atoms with E-state index in [0.717, 1.165) is 18.7 Å². The highest BCUT2D eigenvalue weighted by Crippen LogP contribution is 2.19. The van der Waals surface area contributed by atoms with Crippen molar-refractivity contribution in [3.05, 3.63) is 63.7 Å². The molecule has 2 aromatic carbocycles. The molecule has 1 N–H and O–H groups in total. The third-order valence-electron chi connectivity index (χ3n) is 3.08. The topological polar surface area (TPSA) is 12.0 Å². The molecular formula is C17H20INS. The van der Waals surface area contributed by atoms with Gasteiger partial charge in [-0.15, -0.1) is 11.8 Å². The molecule has 1 unspecified atom stereocenters. The van der Waals surface area contributed by atoms with E-state index in [-0.39, 0.29) is 0 Å². The van der Waals surface area contributed by atoms with E-state index in [2.05, 4.69) is 89.4 Å². The van der Waals surface area contributed by atoms with Gasteiger partial charge in [0.25, 0.3) is 0 Å². The zero-order valence-corrected chi connectivity index (χ0v) is 14.7. The quantitative estimate of drug-likeness (QED) is 0.541. The summed E-state index contributed by atoms with van der Waals surface area (Å²) in [4.78, 5) is 1.35. The second-order valence-electron chi connectivity index (χ2n) is 4.71. The number of nitrogens with one attached hydrogen (secondary N) is 1. The van der Waals surface area contributed by atoms with E-state index < -0.39 is 0 Å². The molecule has 106 valence electrons. The molecule has 0 saturated carbocycles. The summed E-state index contributed by atoms with van der Waals surface area (Å²) in [5.74, 6) is 1.10. The number of hydrogen-bond donors (Lipinski definition) is 1. The van der Waals surface area contributed by atoms with E-state index in [1.165, 1.54) is 14.0 Å². The number of halogens is 1. The van der Waals surface area contributed by atoms with Gasteiger partial charge in [-0.1, -0.05) is 37.3 Å². The Bertz CT molecular complexity index is 498. The van der Waals surface area contributed by atoms with Crippen LogP contribution in [0.25, 0.3) is 0 Å². The number of rotatable bonds is 7. The van der Waals surface area contributed by atoms with E-state index in [9.17, 15) is 0 Å². The van der Waals surface area contributed by atoms with Crippen LogP contribution in [0.4, 0.5) is 0 Å². The van der Waals surface area contributed by atoms with Crippen LogP contribution in [0.5, 0.6) is 0 Å². The van der Waals surface area contributed by atoms with Gasteiger partial charge in [-0.2, -0.15) is 0 Å². The lowest BCUT2D eigenvalue weighted by Crippen LogP contribution is -2.33. The molecule has 20 heavy (non-hydrogen) atoms. The molecule has 0 aliphatic heterocycles. The lowest BCUT2D eigenvalue weighted by molar-refractivity contribution is 0.572. The standard InChI is InChI=1S/C17H20INS/c1-2-19-16(12-14-8-10-15(18)11-9-14)13-20-17-6-4-3-5-7-17/h3-11,16,19H,2,12-13H2,1H3. The Morgan fingerprint density at radius 2 is 1.75 bits per heavy atom.